The van der Waals surface area contributed by atoms with Gasteiger partial charge in [-0.3, -0.25) is 4.99 Å². The second kappa shape index (κ2) is 8.62. The highest BCUT2D eigenvalue weighted by molar-refractivity contribution is 5.79. The van der Waals surface area contributed by atoms with E-state index in [0.29, 0.717) is 11.5 Å². The van der Waals surface area contributed by atoms with Crippen LogP contribution in [0, 0.1) is 5.41 Å². The van der Waals surface area contributed by atoms with Gasteiger partial charge in [0.05, 0.1) is 6.10 Å². The van der Waals surface area contributed by atoms with Crippen LogP contribution in [0.4, 0.5) is 0 Å². The van der Waals surface area contributed by atoms with Gasteiger partial charge in [0, 0.05) is 26.7 Å². The number of aliphatic imine (C=N–C) groups is 1. The molecule has 0 aromatic heterocycles. The van der Waals surface area contributed by atoms with Gasteiger partial charge in [-0.25, -0.2) is 0 Å². The maximum absolute atomic E-state index is 5.88. The number of nitrogens with one attached hydrogen (secondary N) is 2. The highest BCUT2D eigenvalue weighted by atomic mass is 16.5. The molecule has 2 aliphatic rings. The zero-order valence-electron chi connectivity index (χ0n) is 13.9. The van der Waals surface area contributed by atoms with Gasteiger partial charge in [-0.2, -0.15) is 0 Å². The van der Waals surface area contributed by atoms with Gasteiger partial charge in [-0.1, -0.05) is 26.2 Å². The molecule has 2 aliphatic carbocycles. The van der Waals surface area contributed by atoms with Crippen molar-refractivity contribution in [2.24, 2.45) is 10.4 Å². The van der Waals surface area contributed by atoms with E-state index in [4.69, 9.17) is 4.74 Å². The van der Waals surface area contributed by atoms with Crippen molar-refractivity contribution in [2.45, 2.75) is 70.8 Å². The smallest absolute Gasteiger partial charge is 0.190 e. The minimum absolute atomic E-state index is 0.531. The lowest BCUT2D eigenvalue weighted by molar-refractivity contribution is 0.0573. The Hall–Kier alpha value is -0.770. The van der Waals surface area contributed by atoms with Gasteiger partial charge in [0.2, 0.25) is 0 Å². The highest BCUT2D eigenvalue weighted by Crippen LogP contribution is 2.42. The Morgan fingerprint density at radius 1 is 1.19 bits per heavy atom. The Kier molecular flexibility index (Phi) is 6.81. The molecule has 0 amide bonds. The van der Waals surface area contributed by atoms with Crippen LogP contribution in [0.25, 0.3) is 0 Å². The Morgan fingerprint density at radius 2 is 1.95 bits per heavy atom. The lowest BCUT2D eigenvalue weighted by Crippen LogP contribution is -2.46. The van der Waals surface area contributed by atoms with Gasteiger partial charge in [0.15, 0.2) is 5.96 Å². The van der Waals surface area contributed by atoms with Gasteiger partial charge in [0.25, 0.3) is 0 Å². The predicted molar refractivity (Wildman–Crippen MR) is 88.8 cm³/mol. The van der Waals surface area contributed by atoms with E-state index in [9.17, 15) is 0 Å². The Morgan fingerprint density at radius 3 is 2.52 bits per heavy atom. The molecule has 2 N–H and O–H groups in total. The number of ether oxygens (including phenoxy) is 1. The summed E-state index contributed by atoms with van der Waals surface area (Å²) in [6.07, 6.45) is 12.2. The molecule has 0 unspecified atom stereocenters. The monoisotopic (exact) mass is 295 g/mol. The zero-order valence-corrected chi connectivity index (χ0v) is 13.9. The van der Waals surface area contributed by atoms with E-state index in [1.807, 2.05) is 7.05 Å². The molecule has 0 bridgehead atoms. The van der Waals surface area contributed by atoms with Crippen LogP contribution in [-0.2, 0) is 4.74 Å². The van der Waals surface area contributed by atoms with Crippen LogP contribution in [-0.4, -0.2) is 38.8 Å². The molecular weight excluding hydrogens is 262 g/mol. The number of guanidine groups is 1. The van der Waals surface area contributed by atoms with Crippen molar-refractivity contribution in [1.82, 2.24) is 10.6 Å². The fraction of sp³-hybridized carbons (Fsp3) is 0.941. The molecule has 0 aromatic carbocycles. The molecule has 0 saturated heterocycles. The van der Waals surface area contributed by atoms with E-state index >= 15 is 0 Å². The Bertz CT molecular complexity index is 314. The standard InChI is InChI=1S/C17H33N3O/c1-3-17(10-6-11-17)14-20-16(18-2)19-12-7-13-21-15-8-4-5-9-15/h15H,3-14H2,1-2H3,(H2,18,19,20). The fourth-order valence-electron chi connectivity index (χ4n) is 3.41. The SMILES string of the molecule is CCC1(CNC(=NC)NCCCOC2CCCC2)CCC1. The summed E-state index contributed by atoms with van der Waals surface area (Å²) in [7, 11) is 1.85. The van der Waals surface area contributed by atoms with Crippen molar-refractivity contribution >= 4 is 5.96 Å². The average Bonchev–Trinajstić information content (AvgIpc) is 2.97. The molecule has 122 valence electrons. The Balaban J connectivity index is 1.53. The van der Waals surface area contributed by atoms with Crippen LogP contribution < -0.4 is 10.6 Å². The molecule has 0 aliphatic heterocycles. The summed E-state index contributed by atoms with van der Waals surface area (Å²) in [5, 5.41) is 6.89. The van der Waals surface area contributed by atoms with Crippen molar-refractivity contribution in [3.63, 3.8) is 0 Å². The maximum Gasteiger partial charge on any atom is 0.190 e. The first-order chi connectivity index (χ1) is 10.3. The average molecular weight is 295 g/mol. The molecule has 2 saturated carbocycles. The van der Waals surface area contributed by atoms with Gasteiger partial charge in [-0.15, -0.1) is 0 Å². The van der Waals surface area contributed by atoms with Crippen LogP contribution >= 0.6 is 0 Å². The largest absolute Gasteiger partial charge is 0.378 e. The number of rotatable bonds is 8. The molecule has 21 heavy (non-hydrogen) atoms. The van der Waals surface area contributed by atoms with Crippen LogP contribution in [0.1, 0.15) is 64.7 Å². The van der Waals surface area contributed by atoms with Crippen molar-refractivity contribution in [2.75, 3.05) is 26.7 Å². The minimum atomic E-state index is 0.531. The zero-order chi connectivity index (χ0) is 15.0. The molecule has 0 radical (unpaired) electrons. The lowest BCUT2D eigenvalue weighted by atomic mass is 9.67. The first-order valence-corrected chi connectivity index (χ1v) is 8.84. The van der Waals surface area contributed by atoms with Crippen molar-refractivity contribution < 1.29 is 4.74 Å². The van der Waals surface area contributed by atoms with E-state index in [1.54, 1.807) is 0 Å². The van der Waals surface area contributed by atoms with E-state index < -0.39 is 0 Å². The summed E-state index contributed by atoms with van der Waals surface area (Å²) in [6, 6.07) is 0. The molecule has 0 heterocycles. The summed E-state index contributed by atoms with van der Waals surface area (Å²) in [5.74, 6) is 0.940. The lowest BCUT2D eigenvalue weighted by Gasteiger charge is -2.41. The van der Waals surface area contributed by atoms with Gasteiger partial charge in [0.1, 0.15) is 0 Å². The van der Waals surface area contributed by atoms with E-state index in [-0.39, 0.29) is 0 Å². The molecule has 0 spiro atoms. The van der Waals surface area contributed by atoms with Crippen molar-refractivity contribution in [1.29, 1.82) is 0 Å². The van der Waals surface area contributed by atoms with Crippen LogP contribution in [0.15, 0.2) is 4.99 Å². The van der Waals surface area contributed by atoms with Crippen LogP contribution in [0.3, 0.4) is 0 Å². The molecule has 2 fully saturated rings. The first kappa shape index (κ1) is 16.6. The quantitative estimate of drug-likeness (QED) is 0.411. The van der Waals surface area contributed by atoms with Gasteiger partial charge in [-0.05, 0) is 43.9 Å². The highest BCUT2D eigenvalue weighted by Gasteiger charge is 2.34. The summed E-state index contributed by atoms with van der Waals surface area (Å²) in [5.41, 5.74) is 0.531. The Labute approximate surface area is 130 Å². The van der Waals surface area contributed by atoms with Crippen molar-refractivity contribution in [3.05, 3.63) is 0 Å². The molecule has 0 aromatic rings. The summed E-state index contributed by atoms with van der Waals surface area (Å²) < 4.78 is 5.88. The van der Waals surface area contributed by atoms with Crippen LogP contribution in [0.2, 0.25) is 0 Å². The first-order valence-electron chi connectivity index (χ1n) is 8.84. The van der Waals surface area contributed by atoms with Gasteiger partial charge >= 0.3 is 0 Å². The summed E-state index contributed by atoms with van der Waals surface area (Å²) in [4.78, 5) is 4.31. The van der Waals surface area contributed by atoms with E-state index in [0.717, 1.165) is 32.1 Å². The summed E-state index contributed by atoms with van der Waals surface area (Å²) in [6.45, 7) is 5.16. The molecule has 4 heteroatoms. The third-order valence-electron chi connectivity index (χ3n) is 5.29. The van der Waals surface area contributed by atoms with E-state index in [2.05, 4.69) is 22.5 Å². The fourth-order valence-corrected chi connectivity index (χ4v) is 3.41. The second-order valence-corrected chi connectivity index (χ2v) is 6.69. The van der Waals surface area contributed by atoms with Crippen molar-refractivity contribution in [3.8, 4) is 0 Å². The molecular formula is C17H33N3O. The topological polar surface area (TPSA) is 45.7 Å². The molecule has 2 rings (SSSR count). The van der Waals surface area contributed by atoms with Crippen LogP contribution in [0.5, 0.6) is 0 Å². The van der Waals surface area contributed by atoms with E-state index in [1.165, 1.54) is 51.4 Å². The number of hydrogen-bond acceptors (Lipinski definition) is 2. The predicted octanol–water partition coefficient (Wildman–Crippen LogP) is 3.08. The number of nitrogens with zero attached hydrogens (tertiary/aromatic N) is 1. The second-order valence-electron chi connectivity index (χ2n) is 6.69. The molecule has 0 atom stereocenters. The minimum Gasteiger partial charge on any atom is -0.378 e. The summed E-state index contributed by atoms with van der Waals surface area (Å²) >= 11 is 0. The van der Waals surface area contributed by atoms with Gasteiger partial charge < -0.3 is 15.4 Å². The third-order valence-corrected chi connectivity index (χ3v) is 5.29. The number of hydrogen-bond donors (Lipinski definition) is 2. The molecule has 4 nitrogen and oxygen atoms in total. The normalized spacial score (nSPS) is 22.1. The maximum atomic E-state index is 5.88. The third kappa shape index (κ3) is 5.17.